The van der Waals surface area contributed by atoms with Gasteiger partial charge < -0.3 is 15.0 Å². The zero-order chi connectivity index (χ0) is 27.5. The van der Waals surface area contributed by atoms with Crippen molar-refractivity contribution < 1.29 is 9.53 Å². The van der Waals surface area contributed by atoms with Gasteiger partial charge >= 0.3 is 6.09 Å². The third-order valence-electron chi connectivity index (χ3n) is 6.89. The second kappa shape index (κ2) is 9.48. The minimum atomic E-state index is -0.538. The van der Waals surface area contributed by atoms with Crippen LogP contribution in [0.5, 0.6) is 0 Å². The van der Waals surface area contributed by atoms with E-state index in [1.165, 1.54) is 18.4 Å². The number of carbonyl (C=O) groups excluding carboxylic acids is 1. The van der Waals surface area contributed by atoms with Crippen LogP contribution in [0.25, 0.3) is 16.9 Å². The highest BCUT2D eigenvalue weighted by atomic mass is 32.1. The molecule has 1 fully saturated rings. The van der Waals surface area contributed by atoms with E-state index in [0.29, 0.717) is 41.8 Å². The van der Waals surface area contributed by atoms with Crippen LogP contribution < -0.4 is 10.9 Å². The van der Waals surface area contributed by atoms with Crippen molar-refractivity contribution in [3.8, 4) is 5.82 Å². The van der Waals surface area contributed by atoms with E-state index in [4.69, 9.17) is 14.7 Å². The molecule has 6 rings (SSSR count). The van der Waals surface area contributed by atoms with Crippen LogP contribution in [0.4, 0.5) is 16.4 Å². The maximum Gasteiger partial charge on any atom is 0.410 e. The topological polar surface area (TPSA) is 107 Å². The molecule has 0 bridgehead atoms. The van der Waals surface area contributed by atoms with Gasteiger partial charge in [0.05, 0.1) is 5.01 Å². The van der Waals surface area contributed by atoms with Gasteiger partial charge in [0.25, 0.3) is 5.56 Å². The standard InChI is InChI=1S/C28H33N7O3S/c1-16(2)34-25(36)21-13-29-26(32-23(21)35(34)22-15-39-24(31-22)18-6-7-18)30-20-9-8-17-10-11-33(14-19(17)12-20)27(37)38-28(3,4)5/h8-9,12-13,15-16,18H,6-7,10-11,14H2,1-5H3,(H,29,30,32). The molecule has 11 heteroatoms. The minimum absolute atomic E-state index is 0.0808. The summed E-state index contributed by atoms with van der Waals surface area (Å²) in [5.41, 5.74) is 2.91. The first-order valence-corrected chi connectivity index (χ1v) is 14.3. The Kier molecular flexibility index (Phi) is 6.21. The van der Waals surface area contributed by atoms with E-state index in [2.05, 4.69) is 16.4 Å². The molecule has 2 aliphatic rings. The number of nitrogens with zero attached hydrogens (tertiary/aromatic N) is 6. The van der Waals surface area contributed by atoms with E-state index in [9.17, 15) is 9.59 Å². The van der Waals surface area contributed by atoms with Crippen LogP contribution in [0.2, 0.25) is 0 Å². The Bertz CT molecular complexity index is 1620. The molecule has 1 N–H and O–H groups in total. The summed E-state index contributed by atoms with van der Waals surface area (Å²) in [4.78, 5) is 41.7. The first-order valence-electron chi connectivity index (χ1n) is 13.4. The Labute approximate surface area is 230 Å². The predicted molar refractivity (Wildman–Crippen MR) is 151 cm³/mol. The number of ether oxygens (including phenoxy) is 1. The zero-order valence-electron chi connectivity index (χ0n) is 22.9. The molecular formula is C28H33N7O3S. The molecule has 0 radical (unpaired) electrons. The Morgan fingerprint density at radius 2 is 1.97 bits per heavy atom. The fourth-order valence-electron chi connectivity index (χ4n) is 4.89. The van der Waals surface area contributed by atoms with Gasteiger partial charge in [-0.1, -0.05) is 6.07 Å². The molecule has 1 aromatic carbocycles. The number of aromatic nitrogens is 5. The quantitative estimate of drug-likeness (QED) is 0.350. The van der Waals surface area contributed by atoms with Crippen molar-refractivity contribution in [3.05, 3.63) is 56.3 Å². The lowest BCUT2D eigenvalue weighted by molar-refractivity contribution is 0.0224. The Morgan fingerprint density at radius 3 is 2.69 bits per heavy atom. The summed E-state index contributed by atoms with van der Waals surface area (Å²) in [5.74, 6) is 1.63. The fraction of sp³-hybridized carbons (Fsp3) is 0.464. The van der Waals surface area contributed by atoms with Gasteiger partial charge in [-0.2, -0.15) is 4.98 Å². The molecule has 204 valence electrons. The van der Waals surface area contributed by atoms with Crippen molar-refractivity contribution in [2.75, 3.05) is 11.9 Å². The number of hydrogen-bond acceptors (Lipinski definition) is 8. The van der Waals surface area contributed by atoms with Gasteiger partial charge in [0.1, 0.15) is 11.0 Å². The van der Waals surface area contributed by atoms with Crippen LogP contribution in [0, 0.1) is 0 Å². The summed E-state index contributed by atoms with van der Waals surface area (Å²) in [6, 6.07) is 6.00. The number of rotatable bonds is 5. The average Bonchev–Trinajstić information content (AvgIpc) is 3.54. The fourth-order valence-corrected chi connectivity index (χ4v) is 5.84. The third-order valence-corrected chi connectivity index (χ3v) is 7.89. The molecule has 4 heterocycles. The van der Waals surface area contributed by atoms with Gasteiger partial charge in [-0.25, -0.2) is 24.1 Å². The summed E-state index contributed by atoms with van der Waals surface area (Å²) >= 11 is 1.63. The second-order valence-electron chi connectivity index (χ2n) is 11.6. The maximum absolute atomic E-state index is 13.3. The Morgan fingerprint density at radius 1 is 1.18 bits per heavy atom. The van der Waals surface area contributed by atoms with Crippen molar-refractivity contribution in [1.29, 1.82) is 0 Å². The van der Waals surface area contributed by atoms with Gasteiger partial charge in [0.15, 0.2) is 11.5 Å². The first-order chi connectivity index (χ1) is 18.6. The van der Waals surface area contributed by atoms with Crippen LogP contribution in [0.3, 0.4) is 0 Å². The van der Waals surface area contributed by atoms with Crippen LogP contribution in [0.15, 0.2) is 34.6 Å². The van der Waals surface area contributed by atoms with Gasteiger partial charge in [-0.15, -0.1) is 11.3 Å². The van der Waals surface area contributed by atoms with E-state index in [1.807, 2.05) is 56.8 Å². The lowest BCUT2D eigenvalue weighted by Gasteiger charge is -2.31. The molecule has 0 unspecified atom stereocenters. The minimum Gasteiger partial charge on any atom is -0.444 e. The Balaban J connectivity index is 1.31. The van der Waals surface area contributed by atoms with E-state index in [0.717, 1.165) is 22.7 Å². The van der Waals surface area contributed by atoms with Crippen molar-refractivity contribution in [1.82, 2.24) is 29.2 Å². The molecule has 0 spiro atoms. The molecule has 3 aromatic heterocycles. The summed E-state index contributed by atoms with van der Waals surface area (Å²) in [7, 11) is 0. The number of fused-ring (bicyclic) bond motifs is 2. The summed E-state index contributed by atoms with van der Waals surface area (Å²) < 4.78 is 9.09. The third kappa shape index (κ3) is 5.03. The van der Waals surface area contributed by atoms with Crippen molar-refractivity contribution in [3.63, 3.8) is 0 Å². The number of carbonyl (C=O) groups is 1. The number of thiazole rings is 1. The lowest BCUT2D eigenvalue weighted by Crippen LogP contribution is -2.39. The summed E-state index contributed by atoms with van der Waals surface area (Å²) in [6.45, 7) is 10.7. The highest BCUT2D eigenvalue weighted by molar-refractivity contribution is 7.10. The van der Waals surface area contributed by atoms with E-state index in [-0.39, 0.29) is 17.7 Å². The van der Waals surface area contributed by atoms with Crippen LogP contribution in [0.1, 0.15) is 75.6 Å². The van der Waals surface area contributed by atoms with E-state index in [1.54, 1.807) is 27.1 Å². The number of benzene rings is 1. The molecule has 4 aromatic rings. The number of hydrogen-bond donors (Lipinski definition) is 1. The lowest BCUT2D eigenvalue weighted by atomic mass is 9.99. The summed E-state index contributed by atoms with van der Waals surface area (Å²) in [6.07, 6.45) is 4.38. The molecular weight excluding hydrogens is 514 g/mol. The van der Waals surface area contributed by atoms with Crippen molar-refractivity contribution in [2.45, 2.75) is 78.0 Å². The summed E-state index contributed by atoms with van der Waals surface area (Å²) in [5, 5.41) is 6.86. The number of nitrogens with one attached hydrogen (secondary N) is 1. The highest BCUT2D eigenvalue weighted by Crippen LogP contribution is 2.42. The average molecular weight is 548 g/mol. The van der Waals surface area contributed by atoms with E-state index < -0.39 is 5.60 Å². The van der Waals surface area contributed by atoms with Gasteiger partial charge in [0, 0.05) is 42.3 Å². The van der Waals surface area contributed by atoms with Crippen LogP contribution in [-0.4, -0.2) is 47.5 Å². The zero-order valence-corrected chi connectivity index (χ0v) is 23.7. The maximum atomic E-state index is 13.3. The number of anilines is 2. The van der Waals surface area contributed by atoms with Gasteiger partial charge in [-0.05, 0) is 77.1 Å². The Hall–Kier alpha value is -3.73. The molecule has 10 nitrogen and oxygen atoms in total. The first kappa shape index (κ1) is 25.5. The molecule has 39 heavy (non-hydrogen) atoms. The SMILES string of the molecule is CC(C)n1c(=O)c2cnc(Nc3ccc4c(c3)CN(C(=O)OC(C)(C)C)CC4)nc2n1-c1csc(C2CC2)n1. The second-order valence-corrected chi connectivity index (χ2v) is 12.5. The van der Waals surface area contributed by atoms with E-state index >= 15 is 0 Å². The van der Waals surface area contributed by atoms with Crippen LogP contribution >= 0.6 is 11.3 Å². The molecule has 1 aliphatic heterocycles. The van der Waals surface area contributed by atoms with Crippen molar-refractivity contribution >= 4 is 40.1 Å². The number of amides is 1. The van der Waals surface area contributed by atoms with Gasteiger partial charge in [0.2, 0.25) is 5.95 Å². The molecule has 1 aliphatic carbocycles. The van der Waals surface area contributed by atoms with Gasteiger partial charge in [-0.3, -0.25) is 4.79 Å². The molecule has 0 saturated heterocycles. The smallest absolute Gasteiger partial charge is 0.410 e. The molecule has 0 atom stereocenters. The monoisotopic (exact) mass is 547 g/mol. The largest absolute Gasteiger partial charge is 0.444 e. The predicted octanol–water partition coefficient (Wildman–Crippen LogP) is 5.53. The van der Waals surface area contributed by atoms with Crippen molar-refractivity contribution in [2.24, 2.45) is 0 Å². The molecule has 1 amide bonds. The normalized spacial score (nSPS) is 15.6. The molecule has 1 saturated carbocycles. The highest BCUT2D eigenvalue weighted by Gasteiger charge is 2.29. The van der Waals surface area contributed by atoms with Crippen LogP contribution in [-0.2, 0) is 17.7 Å².